The van der Waals surface area contributed by atoms with E-state index in [1.807, 2.05) is 30.3 Å². The Balaban J connectivity index is 2.13. The van der Waals surface area contributed by atoms with E-state index in [9.17, 15) is 24.3 Å². The minimum absolute atomic E-state index is 0.0792. The van der Waals surface area contributed by atoms with E-state index in [-0.39, 0.29) is 12.8 Å². The van der Waals surface area contributed by atoms with Gasteiger partial charge in [0.1, 0.15) is 12.1 Å². The zero-order chi connectivity index (χ0) is 22.8. The van der Waals surface area contributed by atoms with Gasteiger partial charge in [-0.1, -0.05) is 60.7 Å². The van der Waals surface area contributed by atoms with Crippen molar-refractivity contribution in [2.24, 2.45) is 5.73 Å². The number of carboxylic acids is 2. The highest BCUT2D eigenvalue weighted by Crippen LogP contribution is 2.07. The normalized spacial score (nSPS) is 13.5. The standard InChI is InChI=1S/C22H25N3O6/c23-16(11-14-7-3-1-4-8-14)20(28)24-17(12-15-9-5-2-6-10-15)21(29)25-18(22(30)31)13-19(26)27/h1-10,16-18H,11-13,23H2,(H,24,28)(H,25,29)(H,26,27)(H,30,31)/t16-,17-,18-/m0/s1. The molecule has 0 unspecified atom stereocenters. The molecular weight excluding hydrogens is 402 g/mol. The molecule has 9 nitrogen and oxygen atoms in total. The minimum atomic E-state index is -1.63. The van der Waals surface area contributed by atoms with Gasteiger partial charge < -0.3 is 26.6 Å². The van der Waals surface area contributed by atoms with Crippen LogP contribution < -0.4 is 16.4 Å². The fourth-order valence-corrected chi connectivity index (χ4v) is 2.95. The molecule has 0 saturated carbocycles. The lowest BCUT2D eigenvalue weighted by molar-refractivity contribution is -0.147. The highest BCUT2D eigenvalue weighted by atomic mass is 16.4. The van der Waals surface area contributed by atoms with Crippen molar-refractivity contribution in [1.82, 2.24) is 10.6 Å². The second kappa shape index (κ2) is 11.5. The Morgan fingerprint density at radius 3 is 1.71 bits per heavy atom. The average Bonchev–Trinajstić information content (AvgIpc) is 2.73. The van der Waals surface area contributed by atoms with Crippen molar-refractivity contribution in [2.45, 2.75) is 37.4 Å². The molecule has 0 bridgehead atoms. The molecule has 0 saturated heterocycles. The van der Waals surface area contributed by atoms with Crippen LogP contribution in [0, 0.1) is 0 Å². The van der Waals surface area contributed by atoms with Gasteiger partial charge in [0, 0.05) is 6.42 Å². The Labute approximate surface area is 179 Å². The number of hydrogen-bond donors (Lipinski definition) is 5. The molecule has 0 aliphatic carbocycles. The van der Waals surface area contributed by atoms with E-state index >= 15 is 0 Å². The quantitative estimate of drug-likeness (QED) is 0.345. The highest BCUT2D eigenvalue weighted by Gasteiger charge is 2.29. The lowest BCUT2D eigenvalue weighted by Gasteiger charge is -2.22. The summed E-state index contributed by atoms with van der Waals surface area (Å²) in [6.07, 6.45) is -0.459. The van der Waals surface area contributed by atoms with Crippen LogP contribution in [0.5, 0.6) is 0 Å². The lowest BCUT2D eigenvalue weighted by Crippen LogP contribution is -2.55. The molecule has 0 aromatic heterocycles. The first-order valence-electron chi connectivity index (χ1n) is 9.65. The van der Waals surface area contributed by atoms with E-state index in [0.29, 0.717) is 0 Å². The number of hydrogen-bond acceptors (Lipinski definition) is 5. The molecule has 2 aromatic rings. The lowest BCUT2D eigenvalue weighted by atomic mass is 10.0. The molecule has 0 aliphatic rings. The van der Waals surface area contributed by atoms with Crippen molar-refractivity contribution in [1.29, 1.82) is 0 Å². The fraction of sp³-hybridized carbons (Fsp3) is 0.273. The molecule has 0 radical (unpaired) electrons. The van der Waals surface area contributed by atoms with Crippen molar-refractivity contribution in [3.8, 4) is 0 Å². The maximum Gasteiger partial charge on any atom is 0.326 e. The van der Waals surface area contributed by atoms with Gasteiger partial charge in [-0.2, -0.15) is 0 Å². The Bertz CT molecular complexity index is 904. The summed E-state index contributed by atoms with van der Waals surface area (Å²) in [5, 5.41) is 22.8. The van der Waals surface area contributed by atoms with Gasteiger partial charge in [0.25, 0.3) is 0 Å². The molecule has 6 N–H and O–H groups in total. The predicted molar refractivity (Wildman–Crippen MR) is 112 cm³/mol. The van der Waals surface area contributed by atoms with Crippen molar-refractivity contribution >= 4 is 23.8 Å². The SMILES string of the molecule is N[C@@H](Cc1ccccc1)C(=O)N[C@@H](Cc1ccccc1)C(=O)N[C@@H](CC(=O)O)C(=O)O. The Hall–Kier alpha value is -3.72. The minimum Gasteiger partial charge on any atom is -0.481 e. The summed E-state index contributed by atoms with van der Waals surface area (Å²) < 4.78 is 0. The smallest absolute Gasteiger partial charge is 0.326 e. The summed E-state index contributed by atoms with van der Waals surface area (Å²) in [5.41, 5.74) is 7.57. The molecule has 0 aliphatic heterocycles. The third-order valence-electron chi connectivity index (χ3n) is 4.54. The highest BCUT2D eigenvalue weighted by molar-refractivity contribution is 5.93. The molecule has 9 heteroatoms. The number of rotatable bonds is 11. The molecule has 3 atom stereocenters. The molecule has 31 heavy (non-hydrogen) atoms. The number of aliphatic carboxylic acids is 2. The van der Waals surface area contributed by atoms with Crippen molar-refractivity contribution in [2.75, 3.05) is 0 Å². The number of nitrogens with two attached hydrogens (primary N) is 1. The fourth-order valence-electron chi connectivity index (χ4n) is 2.95. The number of carboxylic acid groups (broad SMARTS) is 2. The van der Waals surface area contributed by atoms with E-state index in [0.717, 1.165) is 11.1 Å². The van der Waals surface area contributed by atoms with Crippen LogP contribution in [0.1, 0.15) is 17.5 Å². The zero-order valence-electron chi connectivity index (χ0n) is 16.7. The predicted octanol–water partition coefficient (Wildman–Crippen LogP) is 0.328. The second-order valence-electron chi connectivity index (χ2n) is 7.04. The van der Waals surface area contributed by atoms with Crippen LogP contribution >= 0.6 is 0 Å². The van der Waals surface area contributed by atoms with Gasteiger partial charge in [-0.3, -0.25) is 14.4 Å². The number of amides is 2. The molecular formula is C22H25N3O6. The summed E-state index contributed by atoms with van der Waals surface area (Å²) >= 11 is 0. The van der Waals surface area contributed by atoms with Crippen LogP contribution in [-0.2, 0) is 32.0 Å². The monoisotopic (exact) mass is 427 g/mol. The van der Waals surface area contributed by atoms with Crippen LogP contribution in [0.2, 0.25) is 0 Å². The van der Waals surface area contributed by atoms with Gasteiger partial charge in [0.05, 0.1) is 12.5 Å². The van der Waals surface area contributed by atoms with E-state index in [4.69, 9.17) is 10.8 Å². The Kier molecular flexibility index (Phi) is 8.71. The van der Waals surface area contributed by atoms with E-state index in [1.54, 1.807) is 30.3 Å². The second-order valence-corrected chi connectivity index (χ2v) is 7.04. The van der Waals surface area contributed by atoms with Gasteiger partial charge >= 0.3 is 11.9 Å². The van der Waals surface area contributed by atoms with Crippen molar-refractivity contribution in [3.05, 3.63) is 71.8 Å². The van der Waals surface area contributed by atoms with Gasteiger partial charge in [0.2, 0.25) is 11.8 Å². The topological polar surface area (TPSA) is 159 Å². The summed E-state index contributed by atoms with van der Waals surface area (Å²) in [6.45, 7) is 0. The first-order chi connectivity index (χ1) is 14.8. The summed E-state index contributed by atoms with van der Waals surface area (Å²) in [4.78, 5) is 47.6. The maximum atomic E-state index is 12.7. The van der Waals surface area contributed by atoms with Gasteiger partial charge in [-0.05, 0) is 17.5 Å². The summed E-state index contributed by atoms with van der Waals surface area (Å²) in [7, 11) is 0. The van der Waals surface area contributed by atoms with Crippen LogP contribution in [0.25, 0.3) is 0 Å². The van der Waals surface area contributed by atoms with Gasteiger partial charge in [0.15, 0.2) is 0 Å². The van der Waals surface area contributed by atoms with Crippen LogP contribution in [0.3, 0.4) is 0 Å². The first kappa shape index (κ1) is 23.6. The molecule has 2 aromatic carbocycles. The molecule has 2 rings (SSSR count). The number of benzene rings is 2. The molecule has 0 spiro atoms. The van der Waals surface area contributed by atoms with Gasteiger partial charge in [-0.25, -0.2) is 4.79 Å². The average molecular weight is 427 g/mol. The zero-order valence-corrected chi connectivity index (χ0v) is 16.7. The molecule has 0 heterocycles. The van der Waals surface area contributed by atoms with Crippen LogP contribution in [-0.4, -0.2) is 52.1 Å². The molecule has 2 amide bonds. The Morgan fingerprint density at radius 1 is 0.742 bits per heavy atom. The van der Waals surface area contributed by atoms with E-state index < -0.39 is 48.3 Å². The number of carbonyl (C=O) groups is 4. The van der Waals surface area contributed by atoms with Crippen LogP contribution in [0.4, 0.5) is 0 Å². The van der Waals surface area contributed by atoms with E-state index in [1.165, 1.54) is 0 Å². The summed E-state index contributed by atoms with van der Waals surface area (Å²) in [6, 6.07) is 14.3. The number of nitrogens with one attached hydrogen (secondary N) is 2. The Morgan fingerprint density at radius 2 is 1.23 bits per heavy atom. The van der Waals surface area contributed by atoms with Gasteiger partial charge in [-0.15, -0.1) is 0 Å². The van der Waals surface area contributed by atoms with Crippen molar-refractivity contribution in [3.63, 3.8) is 0 Å². The van der Waals surface area contributed by atoms with Crippen LogP contribution in [0.15, 0.2) is 60.7 Å². The van der Waals surface area contributed by atoms with Crippen molar-refractivity contribution < 1.29 is 29.4 Å². The summed E-state index contributed by atoms with van der Waals surface area (Å²) in [5.74, 6) is -4.25. The third-order valence-corrected chi connectivity index (χ3v) is 4.54. The molecule has 0 fully saturated rings. The maximum absolute atomic E-state index is 12.7. The number of carbonyl (C=O) groups excluding carboxylic acids is 2. The van der Waals surface area contributed by atoms with E-state index in [2.05, 4.69) is 10.6 Å². The molecule has 164 valence electrons. The largest absolute Gasteiger partial charge is 0.481 e. The third kappa shape index (κ3) is 7.90. The first-order valence-corrected chi connectivity index (χ1v) is 9.65.